The van der Waals surface area contributed by atoms with E-state index >= 15 is 0 Å². The molecule has 1 aliphatic heterocycles. The molecule has 1 atom stereocenters. The van der Waals surface area contributed by atoms with Crippen LogP contribution in [0.3, 0.4) is 0 Å². The molecule has 1 aromatic rings. The van der Waals surface area contributed by atoms with Crippen LogP contribution in [0.25, 0.3) is 0 Å². The summed E-state index contributed by atoms with van der Waals surface area (Å²) in [6.07, 6.45) is 2.29. The molecule has 0 amide bonds. The van der Waals surface area contributed by atoms with Crippen LogP contribution in [0, 0.1) is 5.82 Å². The number of benzene rings is 1. The maximum atomic E-state index is 13.8. The van der Waals surface area contributed by atoms with Gasteiger partial charge >= 0.3 is 0 Å². The van der Waals surface area contributed by atoms with Crippen LogP contribution in [0.2, 0.25) is 0 Å². The van der Waals surface area contributed by atoms with Crippen molar-refractivity contribution in [2.45, 2.75) is 25.8 Å². The molecule has 0 saturated carbocycles. The predicted octanol–water partition coefficient (Wildman–Crippen LogP) is 2.45. The van der Waals surface area contributed by atoms with E-state index in [4.69, 9.17) is 5.73 Å². The van der Waals surface area contributed by atoms with Crippen molar-refractivity contribution in [1.82, 2.24) is 0 Å². The smallest absolute Gasteiger partial charge is 0.146 e. The van der Waals surface area contributed by atoms with Crippen LogP contribution in [-0.2, 0) is 0 Å². The third kappa shape index (κ3) is 1.97. The second-order valence-corrected chi connectivity index (χ2v) is 4.16. The van der Waals surface area contributed by atoms with E-state index in [1.165, 1.54) is 6.07 Å². The summed E-state index contributed by atoms with van der Waals surface area (Å²) in [6.45, 7) is 3.79. The van der Waals surface area contributed by atoms with Crippen LogP contribution < -0.4 is 10.6 Å². The van der Waals surface area contributed by atoms with Gasteiger partial charge in [-0.2, -0.15) is 0 Å². The molecule has 1 aromatic carbocycles. The van der Waals surface area contributed by atoms with Gasteiger partial charge in [-0.05, 0) is 31.4 Å². The molecule has 3 heteroatoms. The summed E-state index contributed by atoms with van der Waals surface area (Å²) < 4.78 is 13.8. The number of nitrogens with zero attached hydrogens (tertiary/aromatic N) is 1. The van der Waals surface area contributed by atoms with E-state index in [0.717, 1.165) is 31.5 Å². The lowest BCUT2D eigenvalue weighted by molar-refractivity contribution is 0.617. The van der Waals surface area contributed by atoms with E-state index < -0.39 is 0 Å². The molecule has 1 heterocycles. The van der Waals surface area contributed by atoms with E-state index in [1.54, 1.807) is 6.07 Å². The SMILES string of the molecule is CC(N)c1cccc(F)c1N1CCCC1. The Morgan fingerprint density at radius 3 is 2.60 bits per heavy atom. The second kappa shape index (κ2) is 4.19. The molecule has 15 heavy (non-hydrogen) atoms. The van der Waals surface area contributed by atoms with Crippen molar-refractivity contribution >= 4 is 5.69 Å². The van der Waals surface area contributed by atoms with E-state index in [1.807, 2.05) is 13.0 Å². The zero-order chi connectivity index (χ0) is 10.8. The number of rotatable bonds is 2. The summed E-state index contributed by atoms with van der Waals surface area (Å²) in [5, 5.41) is 0. The summed E-state index contributed by atoms with van der Waals surface area (Å²) in [5.41, 5.74) is 7.48. The van der Waals surface area contributed by atoms with Gasteiger partial charge in [0.25, 0.3) is 0 Å². The second-order valence-electron chi connectivity index (χ2n) is 4.16. The minimum atomic E-state index is -0.147. The van der Waals surface area contributed by atoms with Crippen molar-refractivity contribution in [3.63, 3.8) is 0 Å². The normalized spacial score (nSPS) is 18.2. The Morgan fingerprint density at radius 1 is 1.33 bits per heavy atom. The zero-order valence-electron chi connectivity index (χ0n) is 9.04. The van der Waals surface area contributed by atoms with Crippen LogP contribution in [-0.4, -0.2) is 13.1 Å². The number of hydrogen-bond donors (Lipinski definition) is 1. The third-order valence-electron chi connectivity index (χ3n) is 2.93. The Bertz CT molecular complexity index is 343. The van der Waals surface area contributed by atoms with Gasteiger partial charge in [0, 0.05) is 19.1 Å². The number of halogens is 1. The van der Waals surface area contributed by atoms with Crippen LogP contribution in [0.4, 0.5) is 10.1 Å². The minimum absolute atomic E-state index is 0.115. The molecular weight excluding hydrogens is 191 g/mol. The van der Waals surface area contributed by atoms with Gasteiger partial charge < -0.3 is 10.6 Å². The first kappa shape index (κ1) is 10.4. The molecule has 2 nitrogen and oxygen atoms in total. The number of anilines is 1. The molecule has 1 fully saturated rings. The van der Waals surface area contributed by atoms with Crippen molar-refractivity contribution in [1.29, 1.82) is 0 Å². The fourth-order valence-corrected chi connectivity index (χ4v) is 2.17. The van der Waals surface area contributed by atoms with Gasteiger partial charge in [0.2, 0.25) is 0 Å². The van der Waals surface area contributed by atoms with Crippen LogP contribution in [0.5, 0.6) is 0 Å². The van der Waals surface area contributed by atoms with Gasteiger partial charge in [0.05, 0.1) is 5.69 Å². The standard InChI is InChI=1S/C12H17FN2/c1-9(14)10-5-4-6-11(13)12(10)15-7-2-3-8-15/h4-6,9H,2-3,7-8,14H2,1H3. The highest BCUT2D eigenvalue weighted by atomic mass is 19.1. The Morgan fingerprint density at radius 2 is 2.00 bits per heavy atom. The lowest BCUT2D eigenvalue weighted by Crippen LogP contribution is -2.22. The molecule has 0 aromatic heterocycles. The summed E-state index contributed by atoms with van der Waals surface area (Å²) >= 11 is 0. The molecule has 82 valence electrons. The van der Waals surface area contributed by atoms with E-state index in [0.29, 0.717) is 5.69 Å². The largest absolute Gasteiger partial charge is 0.369 e. The molecule has 0 aliphatic carbocycles. The minimum Gasteiger partial charge on any atom is -0.369 e. The summed E-state index contributed by atoms with van der Waals surface area (Å²) in [7, 11) is 0. The lowest BCUT2D eigenvalue weighted by Gasteiger charge is -2.23. The number of hydrogen-bond acceptors (Lipinski definition) is 2. The molecule has 2 N–H and O–H groups in total. The van der Waals surface area contributed by atoms with Crippen molar-refractivity contribution in [3.05, 3.63) is 29.6 Å². The Balaban J connectivity index is 2.41. The quantitative estimate of drug-likeness (QED) is 0.808. The maximum Gasteiger partial charge on any atom is 0.146 e. The number of nitrogens with two attached hydrogens (primary N) is 1. The monoisotopic (exact) mass is 208 g/mol. The van der Waals surface area contributed by atoms with Gasteiger partial charge in [-0.25, -0.2) is 4.39 Å². The van der Waals surface area contributed by atoms with Crippen LogP contribution >= 0.6 is 0 Å². The topological polar surface area (TPSA) is 29.3 Å². The van der Waals surface area contributed by atoms with Gasteiger partial charge in [0.1, 0.15) is 5.82 Å². The highest BCUT2D eigenvalue weighted by Crippen LogP contribution is 2.30. The zero-order valence-corrected chi connectivity index (χ0v) is 9.04. The predicted molar refractivity (Wildman–Crippen MR) is 60.4 cm³/mol. The van der Waals surface area contributed by atoms with E-state index in [2.05, 4.69) is 4.90 Å². The molecular formula is C12H17FN2. The number of para-hydroxylation sites is 1. The highest BCUT2D eigenvalue weighted by molar-refractivity contribution is 5.56. The maximum absolute atomic E-state index is 13.8. The molecule has 1 saturated heterocycles. The first-order valence-electron chi connectivity index (χ1n) is 5.49. The van der Waals surface area contributed by atoms with Crippen molar-refractivity contribution in [2.75, 3.05) is 18.0 Å². The van der Waals surface area contributed by atoms with Crippen molar-refractivity contribution < 1.29 is 4.39 Å². The third-order valence-corrected chi connectivity index (χ3v) is 2.93. The first-order valence-corrected chi connectivity index (χ1v) is 5.49. The van der Waals surface area contributed by atoms with Crippen molar-refractivity contribution in [3.8, 4) is 0 Å². The van der Waals surface area contributed by atoms with E-state index in [9.17, 15) is 4.39 Å². The Hall–Kier alpha value is -1.09. The lowest BCUT2D eigenvalue weighted by atomic mass is 10.1. The summed E-state index contributed by atoms with van der Waals surface area (Å²) in [6, 6.07) is 5.05. The highest BCUT2D eigenvalue weighted by Gasteiger charge is 2.20. The fraction of sp³-hybridized carbons (Fsp3) is 0.500. The fourth-order valence-electron chi connectivity index (χ4n) is 2.17. The molecule has 1 unspecified atom stereocenters. The Labute approximate surface area is 89.9 Å². The molecule has 2 rings (SSSR count). The average Bonchev–Trinajstić information content (AvgIpc) is 2.70. The van der Waals surface area contributed by atoms with Gasteiger partial charge in [-0.15, -0.1) is 0 Å². The Kier molecular flexibility index (Phi) is 2.91. The van der Waals surface area contributed by atoms with Gasteiger partial charge in [-0.3, -0.25) is 0 Å². The van der Waals surface area contributed by atoms with E-state index in [-0.39, 0.29) is 11.9 Å². The van der Waals surface area contributed by atoms with Crippen LogP contribution in [0.1, 0.15) is 31.4 Å². The molecule has 1 aliphatic rings. The molecule has 0 bridgehead atoms. The van der Waals surface area contributed by atoms with Crippen LogP contribution in [0.15, 0.2) is 18.2 Å². The van der Waals surface area contributed by atoms with Gasteiger partial charge in [-0.1, -0.05) is 12.1 Å². The van der Waals surface area contributed by atoms with Crippen molar-refractivity contribution in [2.24, 2.45) is 5.73 Å². The summed E-state index contributed by atoms with van der Waals surface area (Å²) in [5.74, 6) is -0.147. The summed E-state index contributed by atoms with van der Waals surface area (Å²) in [4.78, 5) is 2.11. The van der Waals surface area contributed by atoms with Gasteiger partial charge in [0.15, 0.2) is 0 Å². The average molecular weight is 208 g/mol. The molecule has 0 radical (unpaired) electrons. The first-order chi connectivity index (χ1) is 7.20. The molecule has 0 spiro atoms.